The maximum Gasteiger partial charge on any atom is 0.246 e. The number of carbonyl (C=O) groups is 1. The monoisotopic (exact) mass is 760 g/mol. The molecule has 1 aliphatic heterocycles. The molecule has 2 aromatic heterocycles. The predicted octanol–water partition coefficient (Wildman–Crippen LogP) is 9.77. The lowest BCUT2D eigenvalue weighted by Crippen LogP contribution is -2.47. The minimum absolute atomic E-state index is 0.0331. The van der Waals surface area contributed by atoms with Crippen molar-refractivity contribution in [3.05, 3.63) is 148 Å². The van der Waals surface area contributed by atoms with E-state index in [1.54, 1.807) is 43.7 Å². The second-order valence-corrected chi connectivity index (χ2v) is 13.7. The number of carbonyl (C=O) groups excluding carboxylic acids is 1. The van der Waals surface area contributed by atoms with Gasteiger partial charge in [0.25, 0.3) is 0 Å². The van der Waals surface area contributed by atoms with Crippen LogP contribution in [0.15, 0.2) is 115 Å². The number of aromatic nitrogens is 2. The van der Waals surface area contributed by atoms with Gasteiger partial charge in [0.15, 0.2) is 5.75 Å². The molecule has 0 radical (unpaired) electrons. The van der Waals surface area contributed by atoms with Crippen LogP contribution in [0.1, 0.15) is 22.3 Å². The molecule has 1 fully saturated rings. The van der Waals surface area contributed by atoms with E-state index in [1.165, 1.54) is 5.56 Å². The molecule has 3 heterocycles. The Morgan fingerprint density at radius 2 is 1.56 bits per heavy atom. The fourth-order valence-corrected chi connectivity index (χ4v) is 6.61. The molecule has 0 N–H and O–H groups in total. The summed E-state index contributed by atoms with van der Waals surface area (Å²) >= 11 is 12.9. The molecular formula is C43H38Cl2N4O5. The topological polar surface area (TPSA) is 86.3 Å². The first kappa shape index (κ1) is 36.7. The van der Waals surface area contributed by atoms with Gasteiger partial charge in [0.05, 0.1) is 23.8 Å². The molecule has 0 bridgehead atoms. The summed E-state index contributed by atoms with van der Waals surface area (Å²) in [6.07, 6.45) is 4.99. The first-order chi connectivity index (χ1) is 26.3. The van der Waals surface area contributed by atoms with Gasteiger partial charge in [0, 0.05) is 66.9 Å². The molecule has 0 spiro atoms. The lowest BCUT2D eigenvalue weighted by molar-refractivity contribution is -0.127. The Balaban J connectivity index is 0.883. The van der Waals surface area contributed by atoms with Crippen LogP contribution in [0.25, 0.3) is 17.0 Å². The van der Waals surface area contributed by atoms with E-state index in [9.17, 15) is 4.79 Å². The standard InChI is InChI=1S/C43H38Cl2N4O5/c1-29-23-30(25-38(45)43(29)54-40-17-14-36(26-46-40)52-28-33-5-3-4-6-37(33)44)8-18-42(50)49-21-19-48(20-22-49)27-31-7-15-39-32(24-31)9-16-41(47-39)53-35-12-10-34(51-2)11-13-35/h3-18,23-26H,19-22,27-28H2,1-2H3. The Labute approximate surface area is 324 Å². The molecule has 1 aliphatic rings. The summed E-state index contributed by atoms with van der Waals surface area (Å²) in [6.45, 7) is 5.88. The van der Waals surface area contributed by atoms with E-state index in [1.807, 2.05) is 84.6 Å². The smallest absolute Gasteiger partial charge is 0.246 e. The van der Waals surface area contributed by atoms with Gasteiger partial charge in [-0.25, -0.2) is 9.97 Å². The molecule has 1 saturated heterocycles. The molecule has 0 atom stereocenters. The van der Waals surface area contributed by atoms with Crippen molar-refractivity contribution < 1.29 is 23.7 Å². The summed E-state index contributed by atoms with van der Waals surface area (Å²) in [5.41, 5.74) is 4.57. The zero-order chi connectivity index (χ0) is 37.4. The Morgan fingerprint density at radius 3 is 2.30 bits per heavy atom. The molecule has 6 aromatic rings. The molecule has 54 heavy (non-hydrogen) atoms. The largest absolute Gasteiger partial charge is 0.497 e. The summed E-state index contributed by atoms with van der Waals surface area (Å²) in [4.78, 5) is 26.4. The minimum Gasteiger partial charge on any atom is -0.497 e. The van der Waals surface area contributed by atoms with Gasteiger partial charge in [0.2, 0.25) is 17.7 Å². The lowest BCUT2D eigenvalue weighted by Gasteiger charge is -2.34. The van der Waals surface area contributed by atoms with Crippen molar-refractivity contribution >= 4 is 46.1 Å². The highest BCUT2D eigenvalue weighted by molar-refractivity contribution is 6.32. The number of hydrogen-bond acceptors (Lipinski definition) is 8. The van der Waals surface area contributed by atoms with E-state index in [0.29, 0.717) is 58.8 Å². The van der Waals surface area contributed by atoms with Crippen molar-refractivity contribution in [1.82, 2.24) is 19.8 Å². The number of pyridine rings is 2. The average molecular weight is 762 g/mol. The van der Waals surface area contributed by atoms with Gasteiger partial charge in [0.1, 0.15) is 23.9 Å². The number of amides is 1. The van der Waals surface area contributed by atoms with Crippen molar-refractivity contribution in [2.24, 2.45) is 0 Å². The third-order valence-corrected chi connectivity index (χ3v) is 9.69. The number of nitrogens with zero attached hydrogens (tertiary/aromatic N) is 4. The van der Waals surface area contributed by atoms with E-state index in [-0.39, 0.29) is 5.91 Å². The van der Waals surface area contributed by atoms with Crippen LogP contribution in [0, 0.1) is 6.92 Å². The van der Waals surface area contributed by atoms with Crippen LogP contribution in [-0.2, 0) is 17.9 Å². The molecular weight excluding hydrogens is 723 g/mol. The van der Waals surface area contributed by atoms with Crippen molar-refractivity contribution in [2.45, 2.75) is 20.1 Å². The van der Waals surface area contributed by atoms with Crippen molar-refractivity contribution in [3.8, 4) is 34.8 Å². The minimum atomic E-state index is -0.0331. The highest BCUT2D eigenvalue weighted by atomic mass is 35.5. The molecule has 7 rings (SSSR count). The summed E-state index contributed by atoms with van der Waals surface area (Å²) < 4.78 is 23.0. The summed E-state index contributed by atoms with van der Waals surface area (Å²) in [7, 11) is 1.63. The average Bonchev–Trinajstić information content (AvgIpc) is 3.19. The van der Waals surface area contributed by atoms with Crippen molar-refractivity contribution in [1.29, 1.82) is 0 Å². The first-order valence-electron chi connectivity index (χ1n) is 17.5. The predicted molar refractivity (Wildman–Crippen MR) is 212 cm³/mol. The number of methoxy groups -OCH3 is 1. The summed E-state index contributed by atoms with van der Waals surface area (Å²) in [5.74, 6) is 3.44. The molecule has 1 amide bonds. The Bertz CT molecular complexity index is 2250. The third kappa shape index (κ3) is 9.30. The van der Waals surface area contributed by atoms with Crippen molar-refractivity contribution in [2.75, 3.05) is 33.3 Å². The zero-order valence-corrected chi connectivity index (χ0v) is 31.4. The fraction of sp³-hybridized carbons (Fsp3) is 0.186. The number of halogens is 2. The van der Waals surface area contributed by atoms with E-state index in [2.05, 4.69) is 27.0 Å². The fourth-order valence-electron chi connectivity index (χ4n) is 6.11. The molecule has 0 aliphatic carbocycles. The quantitative estimate of drug-likeness (QED) is 0.114. The number of rotatable bonds is 12. The number of aryl methyl sites for hydroxylation is 1. The molecule has 9 nitrogen and oxygen atoms in total. The molecule has 4 aromatic carbocycles. The van der Waals surface area contributed by atoms with E-state index in [4.69, 9.17) is 42.1 Å². The Morgan fingerprint density at radius 1 is 0.796 bits per heavy atom. The Kier molecular flexibility index (Phi) is 11.6. The molecule has 0 saturated carbocycles. The van der Waals surface area contributed by atoms with Crippen LogP contribution in [0.5, 0.6) is 34.8 Å². The zero-order valence-electron chi connectivity index (χ0n) is 29.9. The van der Waals surface area contributed by atoms with E-state index >= 15 is 0 Å². The second-order valence-electron chi connectivity index (χ2n) is 12.9. The molecule has 11 heteroatoms. The van der Waals surface area contributed by atoms with Crippen LogP contribution in [0.4, 0.5) is 0 Å². The summed E-state index contributed by atoms with van der Waals surface area (Å²) in [5, 5.41) is 2.12. The van der Waals surface area contributed by atoms with Gasteiger partial charge in [-0.3, -0.25) is 9.69 Å². The van der Waals surface area contributed by atoms with Gasteiger partial charge in [-0.05, 0) is 96.4 Å². The number of hydrogen-bond donors (Lipinski definition) is 0. The van der Waals surface area contributed by atoms with Crippen LogP contribution in [-0.4, -0.2) is 59.0 Å². The van der Waals surface area contributed by atoms with Gasteiger partial charge in [-0.2, -0.15) is 0 Å². The maximum atomic E-state index is 13.1. The maximum absolute atomic E-state index is 13.1. The van der Waals surface area contributed by atoms with Crippen LogP contribution in [0.3, 0.4) is 0 Å². The molecule has 274 valence electrons. The number of fused-ring (bicyclic) bond motifs is 1. The van der Waals surface area contributed by atoms with Gasteiger partial charge >= 0.3 is 0 Å². The van der Waals surface area contributed by atoms with Crippen LogP contribution < -0.4 is 18.9 Å². The summed E-state index contributed by atoms with van der Waals surface area (Å²) in [6, 6.07) is 32.3. The first-order valence-corrected chi connectivity index (χ1v) is 18.3. The number of ether oxygens (including phenoxy) is 4. The normalized spacial score (nSPS) is 13.3. The second kappa shape index (κ2) is 17.0. The van der Waals surface area contributed by atoms with Crippen LogP contribution >= 0.6 is 23.2 Å². The lowest BCUT2D eigenvalue weighted by atomic mass is 10.1. The van der Waals surface area contributed by atoms with Gasteiger partial charge in [-0.1, -0.05) is 47.5 Å². The molecule has 0 unspecified atom stereocenters. The highest BCUT2D eigenvalue weighted by Crippen LogP contribution is 2.34. The van der Waals surface area contributed by atoms with Gasteiger partial charge < -0.3 is 23.8 Å². The van der Waals surface area contributed by atoms with Crippen LogP contribution in [0.2, 0.25) is 10.0 Å². The van der Waals surface area contributed by atoms with Crippen molar-refractivity contribution in [3.63, 3.8) is 0 Å². The number of piperazine rings is 1. The SMILES string of the molecule is COc1ccc(Oc2ccc3cc(CN4CCN(C(=O)C=Cc5cc(C)c(Oc6ccc(OCc7ccccc7Cl)cn6)c(Cl)c5)CC4)ccc3n2)cc1. The van der Waals surface area contributed by atoms with E-state index < -0.39 is 0 Å². The third-order valence-electron chi connectivity index (χ3n) is 9.04. The Hall–Kier alpha value is -5.61. The highest BCUT2D eigenvalue weighted by Gasteiger charge is 2.20. The van der Waals surface area contributed by atoms with E-state index in [0.717, 1.165) is 53.0 Å². The van der Waals surface area contributed by atoms with Gasteiger partial charge in [-0.15, -0.1) is 0 Å². The number of benzene rings is 4.